The standard InChI is InChI=1S/C11H13NO6S/c1-4(13)7-9(15)12-8(11(16)17)6(19-10(7)12)3-18-5(2)14/h4,7,10,13H,3H2,1-2H3,(H,16,17)/t4?,7?,10-/m1/s1. The molecule has 8 heteroatoms. The number of carbonyl (C=O) groups excluding carboxylic acids is 2. The second kappa shape index (κ2) is 4.86. The normalized spacial score (nSPS) is 26.9. The molecule has 7 nitrogen and oxygen atoms in total. The van der Waals surface area contributed by atoms with Crippen LogP contribution >= 0.6 is 11.8 Å². The fourth-order valence-electron chi connectivity index (χ4n) is 2.12. The Morgan fingerprint density at radius 1 is 1.53 bits per heavy atom. The van der Waals surface area contributed by atoms with Crippen molar-refractivity contribution in [3.05, 3.63) is 10.6 Å². The summed E-state index contributed by atoms with van der Waals surface area (Å²) in [6.45, 7) is 2.54. The van der Waals surface area contributed by atoms with Gasteiger partial charge in [-0.05, 0) is 6.92 Å². The molecule has 0 aromatic carbocycles. The Morgan fingerprint density at radius 3 is 2.63 bits per heavy atom. The number of carbonyl (C=O) groups is 3. The van der Waals surface area contributed by atoms with Crippen LogP contribution < -0.4 is 0 Å². The van der Waals surface area contributed by atoms with Crippen LogP contribution in [0.25, 0.3) is 0 Å². The number of hydrogen-bond acceptors (Lipinski definition) is 6. The number of β-lactam (4-membered cyclic amide) rings is 1. The first-order chi connectivity index (χ1) is 8.84. The highest BCUT2D eigenvalue weighted by molar-refractivity contribution is 8.04. The van der Waals surface area contributed by atoms with Gasteiger partial charge >= 0.3 is 11.9 Å². The van der Waals surface area contributed by atoms with Gasteiger partial charge < -0.3 is 14.9 Å². The molecule has 3 atom stereocenters. The number of carboxylic acids is 1. The number of esters is 1. The molecule has 0 spiro atoms. The SMILES string of the molecule is CC(=O)OCC1=C(C(=O)O)N2C(=O)C(C(C)O)[C@H]2S1. The highest BCUT2D eigenvalue weighted by atomic mass is 32.2. The molecule has 104 valence electrons. The summed E-state index contributed by atoms with van der Waals surface area (Å²) in [6.07, 6.45) is -0.843. The van der Waals surface area contributed by atoms with Crippen molar-refractivity contribution in [3.8, 4) is 0 Å². The van der Waals surface area contributed by atoms with Crippen molar-refractivity contribution in [2.45, 2.75) is 25.3 Å². The summed E-state index contributed by atoms with van der Waals surface area (Å²) in [5.74, 6) is -2.79. The van der Waals surface area contributed by atoms with Crippen molar-refractivity contribution in [2.75, 3.05) is 6.61 Å². The molecule has 2 aliphatic heterocycles. The number of rotatable bonds is 4. The summed E-state index contributed by atoms with van der Waals surface area (Å²) < 4.78 is 4.78. The average Bonchev–Trinajstić information content (AvgIpc) is 2.60. The zero-order chi connectivity index (χ0) is 14.3. The molecule has 19 heavy (non-hydrogen) atoms. The van der Waals surface area contributed by atoms with Crippen molar-refractivity contribution in [3.63, 3.8) is 0 Å². The monoisotopic (exact) mass is 287 g/mol. The van der Waals surface area contributed by atoms with E-state index in [4.69, 9.17) is 9.84 Å². The van der Waals surface area contributed by atoms with Gasteiger partial charge in [0.25, 0.3) is 0 Å². The second-order valence-corrected chi connectivity index (χ2v) is 5.55. The number of aliphatic hydroxyl groups excluding tert-OH is 1. The maximum atomic E-state index is 11.8. The Morgan fingerprint density at radius 2 is 2.16 bits per heavy atom. The van der Waals surface area contributed by atoms with Gasteiger partial charge in [-0.1, -0.05) is 11.8 Å². The summed E-state index contributed by atoms with van der Waals surface area (Å²) in [5.41, 5.74) is -0.154. The van der Waals surface area contributed by atoms with Gasteiger partial charge in [0.15, 0.2) is 0 Å². The van der Waals surface area contributed by atoms with E-state index in [1.807, 2.05) is 0 Å². The molecular formula is C11H13NO6S. The summed E-state index contributed by atoms with van der Waals surface area (Å²) in [5, 5.41) is 18.2. The van der Waals surface area contributed by atoms with Crippen molar-refractivity contribution in [2.24, 2.45) is 5.92 Å². The lowest BCUT2D eigenvalue weighted by molar-refractivity contribution is -0.156. The van der Waals surface area contributed by atoms with Crippen molar-refractivity contribution in [1.29, 1.82) is 0 Å². The van der Waals surface area contributed by atoms with Crippen LogP contribution in [0, 0.1) is 5.92 Å². The molecule has 2 N–H and O–H groups in total. The molecule has 0 saturated carbocycles. The third-order valence-corrected chi connectivity index (χ3v) is 4.32. The van der Waals surface area contributed by atoms with Gasteiger partial charge in [0.2, 0.25) is 5.91 Å². The Labute approximate surface area is 113 Å². The Balaban J connectivity index is 2.21. The van der Waals surface area contributed by atoms with Crippen molar-refractivity contribution in [1.82, 2.24) is 4.90 Å². The number of thioether (sulfide) groups is 1. The molecule has 0 aromatic rings. The van der Waals surface area contributed by atoms with E-state index >= 15 is 0 Å². The second-order valence-electron chi connectivity index (χ2n) is 4.34. The minimum absolute atomic E-state index is 0.154. The molecule has 2 aliphatic rings. The van der Waals surface area contributed by atoms with Gasteiger partial charge in [0.05, 0.1) is 16.9 Å². The first kappa shape index (κ1) is 13.9. The zero-order valence-corrected chi connectivity index (χ0v) is 11.1. The van der Waals surface area contributed by atoms with Gasteiger partial charge in [-0.3, -0.25) is 14.5 Å². The lowest BCUT2D eigenvalue weighted by Crippen LogP contribution is -2.60. The maximum absolute atomic E-state index is 11.8. The predicted molar refractivity (Wildman–Crippen MR) is 64.7 cm³/mol. The average molecular weight is 287 g/mol. The number of aliphatic hydroxyl groups is 1. The molecule has 1 fully saturated rings. The highest BCUT2D eigenvalue weighted by Crippen LogP contribution is 2.50. The maximum Gasteiger partial charge on any atom is 0.353 e. The van der Waals surface area contributed by atoms with E-state index in [0.717, 1.165) is 16.7 Å². The lowest BCUT2D eigenvalue weighted by atomic mass is 9.92. The number of ether oxygens (including phenoxy) is 1. The third-order valence-electron chi connectivity index (χ3n) is 2.98. The van der Waals surface area contributed by atoms with Crippen LogP contribution in [0.5, 0.6) is 0 Å². The van der Waals surface area contributed by atoms with Crippen LogP contribution in [0.3, 0.4) is 0 Å². The van der Waals surface area contributed by atoms with Gasteiger partial charge in [0.1, 0.15) is 17.7 Å². The van der Waals surface area contributed by atoms with E-state index in [9.17, 15) is 19.5 Å². The number of fused-ring (bicyclic) bond motifs is 1. The summed E-state index contributed by atoms with van der Waals surface area (Å²) in [4.78, 5) is 35.3. The van der Waals surface area contributed by atoms with E-state index in [-0.39, 0.29) is 12.3 Å². The number of carboxylic acid groups (broad SMARTS) is 1. The zero-order valence-electron chi connectivity index (χ0n) is 10.3. The van der Waals surface area contributed by atoms with Crippen LogP contribution in [0.4, 0.5) is 0 Å². The quantitative estimate of drug-likeness (QED) is 0.543. The molecule has 0 radical (unpaired) electrons. The molecular weight excluding hydrogens is 274 g/mol. The largest absolute Gasteiger partial charge is 0.477 e. The Bertz CT molecular complexity index is 486. The van der Waals surface area contributed by atoms with Gasteiger partial charge in [-0.15, -0.1) is 0 Å². The predicted octanol–water partition coefficient (Wildman–Crippen LogP) is -0.242. The molecule has 2 heterocycles. The highest BCUT2D eigenvalue weighted by Gasteiger charge is 2.57. The molecule has 2 unspecified atom stereocenters. The van der Waals surface area contributed by atoms with Crippen LogP contribution in [0.1, 0.15) is 13.8 Å². The van der Waals surface area contributed by atoms with Crippen LogP contribution in [0.2, 0.25) is 0 Å². The lowest BCUT2D eigenvalue weighted by Gasteiger charge is -2.43. The first-order valence-corrected chi connectivity index (χ1v) is 6.50. The number of nitrogens with zero attached hydrogens (tertiary/aromatic N) is 1. The summed E-state index contributed by atoms with van der Waals surface area (Å²) in [7, 11) is 0. The van der Waals surface area contributed by atoms with Gasteiger partial charge in [-0.25, -0.2) is 4.79 Å². The fourth-order valence-corrected chi connectivity index (χ4v) is 3.64. The van der Waals surface area contributed by atoms with E-state index < -0.39 is 35.2 Å². The molecule has 0 aromatic heterocycles. The van der Waals surface area contributed by atoms with E-state index in [1.54, 1.807) is 0 Å². The molecule has 1 amide bonds. The van der Waals surface area contributed by atoms with Crippen molar-refractivity contribution >= 4 is 29.6 Å². The number of aliphatic carboxylic acids is 1. The fraction of sp³-hybridized carbons (Fsp3) is 0.545. The molecule has 0 aliphatic carbocycles. The topological polar surface area (TPSA) is 104 Å². The number of amides is 1. The minimum atomic E-state index is -1.24. The van der Waals surface area contributed by atoms with E-state index in [2.05, 4.69) is 0 Å². The molecule has 1 saturated heterocycles. The molecule has 0 bridgehead atoms. The summed E-state index contributed by atoms with van der Waals surface area (Å²) >= 11 is 1.15. The van der Waals surface area contributed by atoms with E-state index in [1.165, 1.54) is 13.8 Å². The van der Waals surface area contributed by atoms with Crippen LogP contribution in [0.15, 0.2) is 10.6 Å². The Kier molecular flexibility index (Phi) is 3.55. The smallest absolute Gasteiger partial charge is 0.353 e. The minimum Gasteiger partial charge on any atom is -0.477 e. The number of hydrogen-bond donors (Lipinski definition) is 2. The molecule has 2 rings (SSSR count). The Hall–Kier alpha value is -1.54. The van der Waals surface area contributed by atoms with Gasteiger partial charge in [0, 0.05) is 6.92 Å². The van der Waals surface area contributed by atoms with Crippen LogP contribution in [-0.4, -0.2) is 51.0 Å². The van der Waals surface area contributed by atoms with Crippen molar-refractivity contribution < 1.29 is 29.3 Å². The van der Waals surface area contributed by atoms with E-state index in [0.29, 0.717) is 4.91 Å². The first-order valence-electron chi connectivity index (χ1n) is 5.62. The third kappa shape index (κ3) is 2.21. The van der Waals surface area contributed by atoms with Crippen LogP contribution in [-0.2, 0) is 19.1 Å². The summed E-state index contributed by atoms with van der Waals surface area (Å²) in [6, 6.07) is 0. The van der Waals surface area contributed by atoms with Gasteiger partial charge in [-0.2, -0.15) is 0 Å².